The minimum Gasteiger partial charge on any atom is -0.381 e. The molecule has 0 aromatic carbocycles. The monoisotopic (exact) mass is 463 g/mol. The van der Waals surface area contributed by atoms with Crippen LogP contribution in [0.3, 0.4) is 0 Å². The quantitative estimate of drug-likeness (QED) is 0.527. The number of allylic oxidation sites excluding steroid dienone is 2. The summed E-state index contributed by atoms with van der Waals surface area (Å²) in [6, 6.07) is 12.0. The second-order valence-corrected chi connectivity index (χ2v) is 7.32. The Balaban J connectivity index is 0.000000592. The van der Waals surface area contributed by atoms with Gasteiger partial charge >= 0.3 is 0 Å². The molecule has 7 nitrogen and oxygen atoms in total. The summed E-state index contributed by atoms with van der Waals surface area (Å²) in [4.78, 5) is 16.4. The lowest BCUT2D eigenvalue weighted by Gasteiger charge is -2.21. The molecular formula is C27H41N7. The molecule has 0 fully saturated rings. The van der Waals surface area contributed by atoms with Crippen molar-refractivity contribution in [2.75, 3.05) is 35.2 Å². The molecule has 7 heteroatoms. The molecule has 0 atom stereocenters. The molecule has 0 amide bonds. The highest BCUT2D eigenvalue weighted by atomic mass is 15.1. The summed E-state index contributed by atoms with van der Waals surface area (Å²) in [6.07, 6.45) is 12.7. The van der Waals surface area contributed by atoms with Crippen LogP contribution in [-0.4, -0.2) is 60.0 Å². The van der Waals surface area contributed by atoms with Gasteiger partial charge in [-0.1, -0.05) is 31.4 Å². The fraction of sp³-hybridized carbons (Fsp3) is 0.296. The number of hydrogen-bond donors (Lipinski definition) is 2. The van der Waals surface area contributed by atoms with E-state index in [1.807, 2.05) is 62.8 Å². The van der Waals surface area contributed by atoms with Gasteiger partial charge in [0.25, 0.3) is 0 Å². The van der Waals surface area contributed by atoms with Crippen molar-refractivity contribution in [2.24, 2.45) is 11.5 Å². The van der Waals surface area contributed by atoms with Gasteiger partial charge in [0.1, 0.15) is 0 Å². The van der Waals surface area contributed by atoms with Crippen LogP contribution >= 0.6 is 0 Å². The molecule has 0 spiro atoms. The van der Waals surface area contributed by atoms with Crippen molar-refractivity contribution >= 4 is 0 Å². The zero-order valence-corrected chi connectivity index (χ0v) is 21.4. The topological polar surface area (TPSA) is 97.2 Å². The molecule has 0 saturated heterocycles. The van der Waals surface area contributed by atoms with Crippen LogP contribution in [-0.2, 0) is 19.4 Å². The Bertz CT molecular complexity index is 898. The van der Waals surface area contributed by atoms with Crippen LogP contribution in [0.15, 0.2) is 98.1 Å². The number of likely N-dealkylation sites (N-methyl/N-ethyl adjacent to an activating group) is 2. The maximum absolute atomic E-state index is 4.50. The second kappa shape index (κ2) is 19.0. The van der Waals surface area contributed by atoms with Gasteiger partial charge in [0.15, 0.2) is 0 Å². The van der Waals surface area contributed by atoms with E-state index in [9.17, 15) is 0 Å². The zero-order chi connectivity index (χ0) is 25.8. The van der Waals surface area contributed by atoms with Crippen molar-refractivity contribution in [2.45, 2.75) is 19.4 Å². The van der Waals surface area contributed by atoms with Gasteiger partial charge in [-0.05, 0) is 49.0 Å². The SMILES string of the molecule is C=C(Cc1cccnc1)N(C)C.C=C(Cc1cccnc1)N(C)Cc1cccnc1.CN.CN. The van der Waals surface area contributed by atoms with Crippen molar-refractivity contribution in [1.29, 1.82) is 0 Å². The Hall–Kier alpha value is -3.55. The number of hydrogen-bond acceptors (Lipinski definition) is 7. The van der Waals surface area contributed by atoms with Crippen LogP contribution in [0.4, 0.5) is 0 Å². The average molecular weight is 464 g/mol. The molecule has 0 bridgehead atoms. The molecule has 4 N–H and O–H groups in total. The minimum atomic E-state index is 0.824. The first kappa shape index (κ1) is 30.4. The first-order valence-corrected chi connectivity index (χ1v) is 11.0. The van der Waals surface area contributed by atoms with E-state index in [-0.39, 0.29) is 0 Å². The Morgan fingerprint density at radius 3 is 1.41 bits per heavy atom. The van der Waals surface area contributed by atoms with Crippen LogP contribution in [0.5, 0.6) is 0 Å². The minimum absolute atomic E-state index is 0.824. The molecule has 0 unspecified atom stereocenters. The van der Waals surface area contributed by atoms with Crippen LogP contribution < -0.4 is 11.5 Å². The highest BCUT2D eigenvalue weighted by Crippen LogP contribution is 2.11. The van der Waals surface area contributed by atoms with Crippen molar-refractivity contribution in [1.82, 2.24) is 24.8 Å². The molecule has 3 heterocycles. The van der Waals surface area contributed by atoms with E-state index in [2.05, 4.69) is 62.7 Å². The summed E-state index contributed by atoms with van der Waals surface area (Å²) in [6.45, 7) is 8.90. The van der Waals surface area contributed by atoms with E-state index in [4.69, 9.17) is 0 Å². The molecule has 0 aliphatic heterocycles. The van der Waals surface area contributed by atoms with Gasteiger partial charge in [-0.3, -0.25) is 15.0 Å². The second-order valence-electron chi connectivity index (χ2n) is 7.32. The lowest BCUT2D eigenvalue weighted by Crippen LogP contribution is -2.18. The fourth-order valence-corrected chi connectivity index (χ4v) is 2.65. The standard InChI is InChI=1S/C15H17N3.C10H14N2.2CH5N/c1-13(9-14-5-3-7-16-10-14)18(2)12-15-6-4-8-17-11-15;1-9(12(2)3)7-10-5-4-6-11-8-10;2*1-2/h3-8,10-11H,1,9,12H2,2H3;4-6,8H,1,7H2,2-3H3;2*2H2,1H3. The average Bonchev–Trinajstić information content (AvgIpc) is 2.88. The largest absolute Gasteiger partial charge is 0.381 e. The Labute approximate surface area is 205 Å². The van der Waals surface area contributed by atoms with Gasteiger partial charge in [0.05, 0.1) is 0 Å². The van der Waals surface area contributed by atoms with Crippen molar-refractivity contribution in [3.05, 3.63) is 115 Å². The van der Waals surface area contributed by atoms with Gasteiger partial charge in [0.2, 0.25) is 0 Å². The molecule has 3 aromatic rings. The molecule has 184 valence electrons. The van der Waals surface area contributed by atoms with Crippen molar-refractivity contribution in [3.8, 4) is 0 Å². The molecule has 0 aliphatic rings. The van der Waals surface area contributed by atoms with Crippen molar-refractivity contribution < 1.29 is 0 Å². The molecule has 0 saturated carbocycles. The highest BCUT2D eigenvalue weighted by Gasteiger charge is 2.04. The molecule has 3 rings (SSSR count). The van der Waals surface area contributed by atoms with E-state index >= 15 is 0 Å². The summed E-state index contributed by atoms with van der Waals surface area (Å²) in [5.74, 6) is 0. The Kier molecular flexibility index (Phi) is 17.0. The van der Waals surface area contributed by atoms with Gasteiger partial charge in [-0.25, -0.2) is 0 Å². The molecule has 34 heavy (non-hydrogen) atoms. The van der Waals surface area contributed by atoms with Crippen LogP contribution in [0.1, 0.15) is 16.7 Å². The van der Waals surface area contributed by atoms with Gasteiger partial charge < -0.3 is 21.3 Å². The van der Waals surface area contributed by atoms with E-state index in [0.29, 0.717) is 0 Å². The molecule has 3 aromatic heterocycles. The number of nitrogens with two attached hydrogens (primary N) is 2. The third kappa shape index (κ3) is 13.1. The summed E-state index contributed by atoms with van der Waals surface area (Å²) in [7, 11) is 9.04. The predicted octanol–water partition coefficient (Wildman–Crippen LogP) is 3.51. The summed E-state index contributed by atoms with van der Waals surface area (Å²) in [5, 5.41) is 0. The summed E-state index contributed by atoms with van der Waals surface area (Å²) < 4.78 is 0. The Morgan fingerprint density at radius 2 is 1.06 bits per heavy atom. The smallest absolute Gasteiger partial charge is 0.0438 e. The van der Waals surface area contributed by atoms with E-state index < -0.39 is 0 Å². The first-order chi connectivity index (χ1) is 16.5. The van der Waals surface area contributed by atoms with Crippen LogP contribution in [0, 0.1) is 0 Å². The van der Waals surface area contributed by atoms with Crippen molar-refractivity contribution in [3.63, 3.8) is 0 Å². The highest BCUT2D eigenvalue weighted by molar-refractivity contribution is 5.17. The number of rotatable bonds is 8. The third-order valence-electron chi connectivity index (χ3n) is 4.58. The zero-order valence-electron chi connectivity index (χ0n) is 21.4. The molecule has 0 aliphatic carbocycles. The van der Waals surface area contributed by atoms with E-state index in [1.54, 1.807) is 18.6 Å². The number of nitrogens with zero attached hydrogens (tertiary/aromatic N) is 5. The molecular weight excluding hydrogens is 422 g/mol. The van der Waals surface area contributed by atoms with Gasteiger partial charge in [-0.2, -0.15) is 0 Å². The van der Waals surface area contributed by atoms with Gasteiger partial charge in [-0.15, -0.1) is 0 Å². The first-order valence-electron chi connectivity index (χ1n) is 11.0. The maximum atomic E-state index is 4.50. The fourth-order valence-electron chi connectivity index (χ4n) is 2.65. The molecule has 0 radical (unpaired) electrons. The Morgan fingerprint density at radius 1 is 0.676 bits per heavy atom. The normalized spacial score (nSPS) is 9.03. The summed E-state index contributed by atoms with van der Waals surface area (Å²) >= 11 is 0. The lowest BCUT2D eigenvalue weighted by molar-refractivity contribution is 0.403. The summed E-state index contributed by atoms with van der Waals surface area (Å²) in [5.41, 5.74) is 14.7. The van der Waals surface area contributed by atoms with Crippen LogP contribution in [0.2, 0.25) is 0 Å². The number of aromatic nitrogens is 3. The predicted molar refractivity (Wildman–Crippen MR) is 144 cm³/mol. The van der Waals surface area contributed by atoms with E-state index in [0.717, 1.165) is 30.8 Å². The van der Waals surface area contributed by atoms with Gasteiger partial charge in [0, 0.05) is 89.1 Å². The lowest BCUT2D eigenvalue weighted by atomic mass is 10.1. The number of pyridine rings is 3. The third-order valence-corrected chi connectivity index (χ3v) is 4.58. The van der Waals surface area contributed by atoms with E-state index in [1.165, 1.54) is 30.8 Å². The van der Waals surface area contributed by atoms with Crippen LogP contribution in [0.25, 0.3) is 0 Å². The maximum Gasteiger partial charge on any atom is 0.0438 e.